The van der Waals surface area contributed by atoms with Crippen LogP contribution in [-0.2, 0) is 14.9 Å². The first kappa shape index (κ1) is 15.6. The first-order valence-electron chi connectivity index (χ1n) is 5.28. The van der Waals surface area contributed by atoms with Crippen LogP contribution in [-0.4, -0.2) is 21.1 Å². The minimum absolute atomic E-state index is 0.0672. The molecule has 0 atom stereocenters. The van der Waals surface area contributed by atoms with Gasteiger partial charge in [0.05, 0.1) is 18.0 Å². The number of nitrogen functional groups attached to an aromatic ring is 1. The molecule has 1 aromatic rings. The van der Waals surface area contributed by atoms with E-state index in [1.165, 1.54) is 0 Å². The van der Waals surface area contributed by atoms with Gasteiger partial charge in [0.2, 0.25) is 0 Å². The van der Waals surface area contributed by atoms with Crippen molar-refractivity contribution >= 4 is 43.6 Å². The highest BCUT2D eigenvalue weighted by molar-refractivity contribution is 9.10. The quantitative estimate of drug-likeness (QED) is 0.715. The van der Waals surface area contributed by atoms with Gasteiger partial charge in [-0.3, -0.25) is 4.72 Å². The number of hydrogen-bond acceptors (Lipinski definition) is 5. The zero-order valence-corrected chi connectivity index (χ0v) is 12.8. The minimum atomic E-state index is -4.10. The van der Waals surface area contributed by atoms with Gasteiger partial charge in [-0.25, -0.2) is 9.52 Å². The van der Waals surface area contributed by atoms with Gasteiger partial charge in [0.1, 0.15) is 0 Å². The Bertz CT molecular complexity index is 565. The third kappa shape index (κ3) is 4.60. The Morgan fingerprint density at radius 1 is 1.47 bits per heavy atom. The summed E-state index contributed by atoms with van der Waals surface area (Å²) in [6.07, 6.45) is -1.06. The van der Waals surface area contributed by atoms with Gasteiger partial charge in [0.15, 0.2) is 0 Å². The average molecular weight is 352 g/mol. The molecule has 0 saturated heterocycles. The smallest absolute Gasteiger partial charge is 0.422 e. The van der Waals surface area contributed by atoms with Crippen LogP contribution in [0.5, 0.6) is 0 Å². The number of hydrogen-bond donors (Lipinski definition) is 3. The Balaban J connectivity index is 2.93. The van der Waals surface area contributed by atoms with Gasteiger partial charge in [0.25, 0.3) is 0 Å². The summed E-state index contributed by atoms with van der Waals surface area (Å²) >= 11 is 3.20. The largest absolute Gasteiger partial charge is 0.449 e. The van der Waals surface area contributed by atoms with Crippen LogP contribution < -0.4 is 15.2 Å². The molecule has 7 nitrogen and oxygen atoms in total. The van der Waals surface area contributed by atoms with E-state index in [0.717, 1.165) is 5.56 Å². The lowest BCUT2D eigenvalue weighted by atomic mass is 10.2. The van der Waals surface area contributed by atoms with E-state index in [1.807, 2.05) is 6.92 Å². The van der Waals surface area contributed by atoms with Crippen LogP contribution in [0.3, 0.4) is 0 Å². The van der Waals surface area contributed by atoms with Crippen molar-refractivity contribution in [1.29, 1.82) is 0 Å². The summed E-state index contributed by atoms with van der Waals surface area (Å²) in [7, 11) is -4.10. The summed E-state index contributed by atoms with van der Waals surface area (Å²) < 4.78 is 32.2. The number of nitrogens with two attached hydrogens (primary N) is 1. The van der Waals surface area contributed by atoms with Crippen LogP contribution in [0, 0.1) is 6.92 Å². The number of carbonyl (C=O) groups excluding carboxylic acids is 1. The predicted octanol–water partition coefficient (Wildman–Crippen LogP) is 1.74. The van der Waals surface area contributed by atoms with Crippen molar-refractivity contribution in [2.24, 2.45) is 0 Å². The molecule has 0 aliphatic carbocycles. The topological polar surface area (TPSA) is 111 Å². The summed E-state index contributed by atoms with van der Waals surface area (Å²) in [4.78, 5) is 11.1. The fraction of sp³-hybridized carbons (Fsp3) is 0.300. The number of rotatable bonds is 4. The number of halogens is 1. The normalized spacial score (nSPS) is 10.9. The monoisotopic (exact) mass is 351 g/mol. The second kappa shape index (κ2) is 6.11. The summed E-state index contributed by atoms with van der Waals surface area (Å²) in [5, 5.41) is 0. The van der Waals surface area contributed by atoms with Crippen molar-refractivity contribution in [3.05, 3.63) is 22.2 Å². The van der Waals surface area contributed by atoms with Crippen molar-refractivity contribution in [3.8, 4) is 0 Å². The fourth-order valence-corrected chi connectivity index (χ4v) is 2.95. The van der Waals surface area contributed by atoms with Gasteiger partial charge in [-0.1, -0.05) is 0 Å². The van der Waals surface area contributed by atoms with Crippen molar-refractivity contribution in [2.45, 2.75) is 13.8 Å². The fourth-order valence-electron chi connectivity index (χ4n) is 1.31. The van der Waals surface area contributed by atoms with Gasteiger partial charge in [0, 0.05) is 4.47 Å². The minimum Gasteiger partial charge on any atom is -0.449 e. The van der Waals surface area contributed by atoms with Crippen LogP contribution in [0.25, 0.3) is 0 Å². The Morgan fingerprint density at radius 3 is 2.63 bits per heavy atom. The van der Waals surface area contributed by atoms with E-state index in [2.05, 4.69) is 25.4 Å². The van der Waals surface area contributed by atoms with Gasteiger partial charge in [-0.05, 0) is 47.5 Å². The third-order valence-corrected chi connectivity index (χ3v) is 3.53. The standard InChI is InChI=1S/C10H14BrN3O4S/c1-3-18-10(15)14-19(16,17)13-9-7(11)4-6(2)5-8(9)12/h4-5,13H,3,12H2,1-2H3,(H,14,15). The summed E-state index contributed by atoms with van der Waals surface area (Å²) in [6.45, 7) is 3.45. The van der Waals surface area contributed by atoms with Gasteiger partial charge >= 0.3 is 16.3 Å². The van der Waals surface area contributed by atoms with Crippen molar-refractivity contribution in [2.75, 3.05) is 17.1 Å². The maximum atomic E-state index is 11.7. The highest BCUT2D eigenvalue weighted by atomic mass is 79.9. The molecule has 0 aliphatic heterocycles. The van der Waals surface area contributed by atoms with Crippen LogP contribution in [0.4, 0.5) is 16.2 Å². The molecule has 9 heteroatoms. The molecule has 0 spiro atoms. The maximum Gasteiger partial charge on any atom is 0.422 e. The van der Waals surface area contributed by atoms with E-state index >= 15 is 0 Å². The highest BCUT2D eigenvalue weighted by Gasteiger charge is 2.18. The molecule has 1 amide bonds. The number of anilines is 2. The molecule has 0 radical (unpaired) electrons. The first-order valence-corrected chi connectivity index (χ1v) is 7.55. The van der Waals surface area contributed by atoms with Crippen molar-refractivity contribution in [3.63, 3.8) is 0 Å². The number of ether oxygens (including phenoxy) is 1. The molecule has 4 N–H and O–H groups in total. The van der Waals surface area contributed by atoms with Crippen LogP contribution in [0.2, 0.25) is 0 Å². The lowest BCUT2D eigenvalue weighted by molar-refractivity contribution is 0.159. The molecule has 0 fully saturated rings. The Kier molecular flexibility index (Phi) is 5.01. The van der Waals surface area contributed by atoms with E-state index in [-0.39, 0.29) is 18.0 Å². The Hall–Kier alpha value is -1.48. The average Bonchev–Trinajstić information content (AvgIpc) is 2.23. The molecule has 0 aliphatic rings. The molecule has 0 saturated carbocycles. The maximum absolute atomic E-state index is 11.7. The van der Waals surface area contributed by atoms with Crippen LogP contribution in [0.1, 0.15) is 12.5 Å². The molecule has 19 heavy (non-hydrogen) atoms. The second-order valence-electron chi connectivity index (χ2n) is 3.64. The van der Waals surface area contributed by atoms with Crippen molar-refractivity contribution < 1.29 is 17.9 Å². The lowest BCUT2D eigenvalue weighted by Gasteiger charge is -2.13. The summed E-state index contributed by atoms with van der Waals surface area (Å²) in [6, 6.07) is 3.30. The molecular formula is C10H14BrN3O4S. The second-order valence-corrected chi connectivity index (χ2v) is 5.91. The number of benzene rings is 1. The van der Waals surface area contributed by atoms with Crippen molar-refractivity contribution in [1.82, 2.24) is 4.72 Å². The molecule has 0 aromatic heterocycles. The SMILES string of the molecule is CCOC(=O)NS(=O)(=O)Nc1c(N)cc(C)cc1Br. The number of nitrogens with one attached hydrogen (secondary N) is 2. The summed E-state index contributed by atoms with van der Waals surface area (Å²) in [5.74, 6) is 0. The zero-order chi connectivity index (χ0) is 14.6. The lowest BCUT2D eigenvalue weighted by Crippen LogP contribution is -2.36. The highest BCUT2D eigenvalue weighted by Crippen LogP contribution is 2.30. The molecular weight excluding hydrogens is 338 g/mol. The zero-order valence-electron chi connectivity index (χ0n) is 10.4. The van der Waals surface area contributed by atoms with Crippen LogP contribution in [0.15, 0.2) is 16.6 Å². The summed E-state index contributed by atoms with van der Waals surface area (Å²) in [5.41, 5.74) is 6.98. The Morgan fingerprint density at radius 2 is 2.11 bits per heavy atom. The van der Waals surface area contributed by atoms with Gasteiger partial charge in [-0.15, -0.1) is 0 Å². The molecule has 0 heterocycles. The van der Waals surface area contributed by atoms with Gasteiger partial charge in [-0.2, -0.15) is 8.42 Å². The molecule has 106 valence electrons. The number of aryl methyl sites for hydroxylation is 1. The van der Waals surface area contributed by atoms with Gasteiger partial charge < -0.3 is 10.5 Å². The molecule has 1 aromatic carbocycles. The Labute approximate surface area is 119 Å². The first-order chi connectivity index (χ1) is 8.75. The van der Waals surface area contributed by atoms with E-state index in [0.29, 0.717) is 4.47 Å². The number of amides is 1. The third-order valence-electron chi connectivity index (χ3n) is 1.99. The van der Waals surface area contributed by atoms with E-state index in [1.54, 1.807) is 23.8 Å². The predicted molar refractivity (Wildman–Crippen MR) is 76.0 cm³/mol. The molecule has 0 unspecified atom stereocenters. The van der Waals surface area contributed by atoms with Crippen LogP contribution >= 0.6 is 15.9 Å². The van der Waals surface area contributed by atoms with E-state index in [4.69, 9.17) is 5.73 Å². The molecule has 1 rings (SSSR count). The molecule has 0 bridgehead atoms. The number of carbonyl (C=O) groups is 1. The van der Waals surface area contributed by atoms with E-state index in [9.17, 15) is 13.2 Å². The van der Waals surface area contributed by atoms with E-state index < -0.39 is 16.3 Å².